The van der Waals surface area contributed by atoms with Crippen LogP contribution in [-0.2, 0) is 16.1 Å². The van der Waals surface area contributed by atoms with Crippen LogP contribution in [0.1, 0.15) is 32.3 Å². The number of hydrogen-bond acceptors (Lipinski definition) is 5. The highest BCUT2D eigenvalue weighted by molar-refractivity contribution is 14.0. The van der Waals surface area contributed by atoms with Gasteiger partial charge in [0.2, 0.25) is 5.88 Å². The van der Waals surface area contributed by atoms with Crippen molar-refractivity contribution in [1.82, 2.24) is 15.2 Å². The Morgan fingerprint density at radius 2 is 2.00 bits per heavy atom. The van der Waals surface area contributed by atoms with Gasteiger partial charge in [0.1, 0.15) is 0 Å². The molecule has 0 unspecified atom stereocenters. The minimum absolute atomic E-state index is 0. The Bertz CT molecular complexity index is 679. The number of ether oxygens (including phenoxy) is 2. The average molecular weight is 544 g/mol. The van der Waals surface area contributed by atoms with Crippen LogP contribution in [0.3, 0.4) is 0 Å². The zero-order valence-electron chi connectivity index (χ0n) is 17.1. The van der Waals surface area contributed by atoms with E-state index in [1.165, 1.54) is 12.3 Å². The summed E-state index contributed by atoms with van der Waals surface area (Å²) >= 11 is 0. The molecule has 1 N–H and O–H groups in total. The minimum Gasteiger partial charge on any atom is -0.468 e. The monoisotopic (exact) mass is 544 g/mol. The predicted molar refractivity (Wildman–Crippen MR) is 117 cm³/mol. The first kappa shape index (κ1) is 26.2. The van der Waals surface area contributed by atoms with E-state index in [2.05, 4.69) is 24.9 Å². The molecule has 30 heavy (non-hydrogen) atoms. The Labute approximate surface area is 191 Å². The van der Waals surface area contributed by atoms with Gasteiger partial charge >= 0.3 is 12.1 Å². The third-order valence-corrected chi connectivity index (χ3v) is 4.34. The lowest BCUT2D eigenvalue weighted by Gasteiger charge is -2.33. The molecule has 1 aliphatic rings. The predicted octanol–water partition coefficient (Wildman–Crippen LogP) is 3.38. The molecule has 1 saturated heterocycles. The van der Waals surface area contributed by atoms with Gasteiger partial charge < -0.3 is 19.7 Å². The van der Waals surface area contributed by atoms with Crippen LogP contribution in [-0.4, -0.2) is 60.8 Å². The highest BCUT2D eigenvalue weighted by atomic mass is 127. The van der Waals surface area contributed by atoms with Gasteiger partial charge in [0.25, 0.3) is 0 Å². The Hall–Kier alpha value is -1.79. The number of hydrogen-bond donors (Lipinski definition) is 1. The second-order valence-corrected chi connectivity index (χ2v) is 6.59. The first-order valence-corrected chi connectivity index (χ1v) is 9.66. The molecule has 0 atom stereocenters. The van der Waals surface area contributed by atoms with Gasteiger partial charge in [-0.25, -0.2) is 9.98 Å². The summed E-state index contributed by atoms with van der Waals surface area (Å²) in [5.41, 5.74) is 0.751. The van der Waals surface area contributed by atoms with Crippen molar-refractivity contribution in [2.24, 2.45) is 10.9 Å². The normalized spacial score (nSPS) is 15.4. The van der Waals surface area contributed by atoms with Gasteiger partial charge in [-0.1, -0.05) is 6.07 Å². The number of aliphatic imine (C=N–C) groups is 1. The lowest BCUT2D eigenvalue weighted by molar-refractivity contribution is -0.154. The first-order valence-electron chi connectivity index (χ1n) is 9.66. The molecule has 1 aromatic heterocycles. The quantitative estimate of drug-likeness (QED) is 0.246. The van der Waals surface area contributed by atoms with Crippen LogP contribution in [0.5, 0.6) is 5.88 Å². The van der Waals surface area contributed by atoms with Crippen molar-refractivity contribution in [2.45, 2.75) is 39.4 Å². The summed E-state index contributed by atoms with van der Waals surface area (Å²) < 4.78 is 46.2. The van der Waals surface area contributed by atoms with E-state index in [-0.39, 0.29) is 41.7 Å². The lowest BCUT2D eigenvalue weighted by atomic mass is 9.97. The van der Waals surface area contributed by atoms with Gasteiger partial charge in [0.05, 0.1) is 19.1 Å². The number of nitrogens with zero attached hydrogens (tertiary/aromatic N) is 3. The molecule has 2 rings (SSSR count). The standard InChI is InChI=1S/C19H27F3N4O3.HI/c1-3-23-18(26-9-7-15(8-10-26)17(27)28-4-2)25-12-14-5-6-16(24-11-14)29-13-19(20,21)22;/h5-6,11,15H,3-4,7-10,12-13H2,1-2H3,(H,23,25);1H. The summed E-state index contributed by atoms with van der Waals surface area (Å²) in [6.45, 7) is 5.18. The Balaban J connectivity index is 0.00000450. The highest BCUT2D eigenvalue weighted by Crippen LogP contribution is 2.19. The Morgan fingerprint density at radius 1 is 1.30 bits per heavy atom. The van der Waals surface area contributed by atoms with Crippen molar-refractivity contribution in [3.63, 3.8) is 0 Å². The average Bonchev–Trinajstić information content (AvgIpc) is 2.70. The maximum absolute atomic E-state index is 12.2. The fraction of sp³-hybridized carbons (Fsp3) is 0.632. The number of aromatic nitrogens is 1. The first-order chi connectivity index (χ1) is 13.8. The number of pyridine rings is 1. The van der Waals surface area contributed by atoms with E-state index < -0.39 is 12.8 Å². The zero-order chi connectivity index (χ0) is 21.3. The number of halogens is 4. The number of alkyl halides is 3. The van der Waals surface area contributed by atoms with E-state index in [1.807, 2.05) is 6.92 Å². The molecule has 7 nitrogen and oxygen atoms in total. The largest absolute Gasteiger partial charge is 0.468 e. The smallest absolute Gasteiger partial charge is 0.422 e. The van der Waals surface area contributed by atoms with Crippen molar-refractivity contribution >= 4 is 35.9 Å². The molecule has 1 fully saturated rings. The van der Waals surface area contributed by atoms with Crippen molar-refractivity contribution in [1.29, 1.82) is 0 Å². The molecule has 0 radical (unpaired) electrons. The number of esters is 1. The molecule has 0 aliphatic carbocycles. The molecule has 11 heteroatoms. The van der Waals surface area contributed by atoms with E-state index in [4.69, 9.17) is 4.74 Å². The maximum atomic E-state index is 12.2. The van der Waals surface area contributed by atoms with Crippen molar-refractivity contribution in [2.75, 3.05) is 32.8 Å². The summed E-state index contributed by atoms with van der Waals surface area (Å²) in [7, 11) is 0. The molecule has 2 heterocycles. The van der Waals surface area contributed by atoms with Crippen LogP contribution in [0.25, 0.3) is 0 Å². The highest BCUT2D eigenvalue weighted by Gasteiger charge is 2.29. The van der Waals surface area contributed by atoms with Crippen LogP contribution >= 0.6 is 24.0 Å². The summed E-state index contributed by atoms with van der Waals surface area (Å²) in [4.78, 5) is 22.4. The molecule has 0 saturated carbocycles. The Morgan fingerprint density at radius 3 is 2.53 bits per heavy atom. The van der Waals surface area contributed by atoms with Crippen LogP contribution in [0, 0.1) is 5.92 Å². The number of guanidine groups is 1. The van der Waals surface area contributed by atoms with E-state index >= 15 is 0 Å². The third-order valence-electron chi connectivity index (χ3n) is 4.34. The summed E-state index contributed by atoms with van der Waals surface area (Å²) in [5, 5.41) is 3.23. The second-order valence-electron chi connectivity index (χ2n) is 6.59. The summed E-state index contributed by atoms with van der Waals surface area (Å²) in [6, 6.07) is 3.03. The van der Waals surface area contributed by atoms with Crippen LogP contribution in [0.4, 0.5) is 13.2 Å². The van der Waals surface area contributed by atoms with E-state index in [0.29, 0.717) is 45.6 Å². The molecular formula is C19H28F3IN4O3. The van der Waals surface area contributed by atoms with Gasteiger partial charge in [-0.05, 0) is 32.3 Å². The van der Waals surface area contributed by atoms with E-state index in [0.717, 1.165) is 11.5 Å². The SMILES string of the molecule is CCNC(=NCc1ccc(OCC(F)(F)F)nc1)N1CCC(C(=O)OCC)CC1.I. The summed E-state index contributed by atoms with van der Waals surface area (Å²) in [6.07, 6.45) is -1.54. The van der Waals surface area contributed by atoms with Gasteiger partial charge in [-0.15, -0.1) is 24.0 Å². The van der Waals surface area contributed by atoms with Gasteiger partial charge in [-0.2, -0.15) is 13.2 Å². The van der Waals surface area contributed by atoms with E-state index in [9.17, 15) is 18.0 Å². The molecule has 0 spiro atoms. The molecule has 1 aromatic rings. The number of carbonyl (C=O) groups excluding carboxylic acids is 1. The van der Waals surface area contributed by atoms with Crippen LogP contribution < -0.4 is 10.1 Å². The number of piperidine rings is 1. The minimum atomic E-state index is -4.40. The molecule has 170 valence electrons. The van der Waals surface area contributed by atoms with Crippen molar-refractivity contribution < 1.29 is 27.4 Å². The van der Waals surface area contributed by atoms with E-state index in [1.54, 1.807) is 13.0 Å². The second kappa shape index (κ2) is 12.8. The van der Waals surface area contributed by atoms with Gasteiger partial charge in [0, 0.05) is 31.9 Å². The van der Waals surface area contributed by atoms with Gasteiger partial charge in [-0.3, -0.25) is 4.79 Å². The van der Waals surface area contributed by atoms with Crippen molar-refractivity contribution in [3.8, 4) is 5.88 Å². The number of carbonyl (C=O) groups is 1. The van der Waals surface area contributed by atoms with Gasteiger partial charge in [0.15, 0.2) is 12.6 Å². The molecule has 0 aromatic carbocycles. The number of likely N-dealkylation sites (tertiary alicyclic amines) is 1. The molecular weight excluding hydrogens is 516 g/mol. The van der Waals surface area contributed by atoms with Crippen LogP contribution in [0.15, 0.2) is 23.3 Å². The molecule has 1 aliphatic heterocycles. The molecule has 0 bridgehead atoms. The number of rotatable bonds is 7. The zero-order valence-corrected chi connectivity index (χ0v) is 19.4. The fourth-order valence-electron chi connectivity index (χ4n) is 2.92. The topological polar surface area (TPSA) is 76.1 Å². The number of nitrogens with one attached hydrogen (secondary N) is 1. The Kier molecular flexibility index (Phi) is 11.2. The van der Waals surface area contributed by atoms with Crippen LogP contribution in [0.2, 0.25) is 0 Å². The lowest BCUT2D eigenvalue weighted by Crippen LogP contribution is -2.46. The fourth-order valence-corrected chi connectivity index (χ4v) is 2.92. The molecule has 0 amide bonds. The van der Waals surface area contributed by atoms with Crippen molar-refractivity contribution in [3.05, 3.63) is 23.9 Å². The maximum Gasteiger partial charge on any atom is 0.422 e. The summed E-state index contributed by atoms with van der Waals surface area (Å²) in [5.74, 6) is 0.422. The third kappa shape index (κ3) is 8.92.